The van der Waals surface area contributed by atoms with Crippen molar-refractivity contribution >= 4 is 12.0 Å². The highest BCUT2D eigenvalue weighted by Gasteiger charge is 2.09. The topological polar surface area (TPSA) is 57.2 Å². The maximum absolute atomic E-state index is 11.4. The van der Waals surface area contributed by atoms with Gasteiger partial charge in [0.1, 0.15) is 17.4 Å². The highest BCUT2D eigenvalue weighted by atomic mass is 16.3. The number of carbonyl (C=O) groups is 1. The van der Waals surface area contributed by atoms with Gasteiger partial charge in [-0.3, -0.25) is 4.79 Å². The zero-order valence-electron chi connectivity index (χ0n) is 9.18. The maximum atomic E-state index is 11.4. The Hall–Kier alpha value is -2.28. The molecule has 1 aromatic rings. The number of nitrogens with zero attached hydrogens (tertiary/aromatic N) is 2. The van der Waals surface area contributed by atoms with Crippen LogP contribution < -0.4 is 0 Å². The van der Waals surface area contributed by atoms with Crippen molar-refractivity contribution in [3.05, 3.63) is 41.9 Å². The summed E-state index contributed by atoms with van der Waals surface area (Å²) in [6, 6.07) is 5.40. The van der Waals surface area contributed by atoms with Crippen LogP contribution in [0.5, 0.6) is 0 Å². The lowest BCUT2D eigenvalue weighted by Crippen LogP contribution is -2.22. The van der Waals surface area contributed by atoms with Gasteiger partial charge in [0.25, 0.3) is 5.91 Å². The molecular weight excluding hydrogens is 204 g/mol. The van der Waals surface area contributed by atoms with Gasteiger partial charge in [0.05, 0.1) is 6.26 Å². The van der Waals surface area contributed by atoms with Gasteiger partial charge >= 0.3 is 0 Å². The summed E-state index contributed by atoms with van der Waals surface area (Å²) < 4.78 is 5.06. The Bertz CT molecular complexity index is 448. The van der Waals surface area contributed by atoms with Crippen molar-refractivity contribution in [2.45, 2.75) is 0 Å². The van der Waals surface area contributed by atoms with E-state index in [1.165, 1.54) is 11.0 Å². The van der Waals surface area contributed by atoms with Gasteiger partial charge < -0.3 is 9.32 Å². The molecule has 1 rings (SSSR count). The molecule has 0 radical (unpaired) electrons. The summed E-state index contributed by atoms with van der Waals surface area (Å²) in [4.78, 5) is 12.8. The number of furan rings is 1. The van der Waals surface area contributed by atoms with Crippen LogP contribution in [0.2, 0.25) is 0 Å². The molecule has 0 spiro atoms. The molecule has 1 aromatic heterocycles. The number of allylic oxidation sites excluding steroid dienone is 2. The highest BCUT2D eigenvalue weighted by Crippen LogP contribution is 2.04. The second-order valence-electron chi connectivity index (χ2n) is 3.27. The molecule has 0 atom stereocenters. The third-order valence-corrected chi connectivity index (χ3v) is 1.82. The Labute approximate surface area is 94.1 Å². The van der Waals surface area contributed by atoms with E-state index in [9.17, 15) is 4.79 Å². The minimum absolute atomic E-state index is 0.0906. The number of carbonyl (C=O) groups excluding carboxylic acids is 1. The Morgan fingerprint density at radius 1 is 1.56 bits per heavy atom. The molecule has 1 amide bonds. The average molecular weight is 216 g/mol. The molecule has 0 fully saturated rings. The first-order chi connectivity index (χ1) is 7.65. The first-order valence-corrected chi connectivity index (χ1v) is 4.68. The molecule has 0 aliphatic carbocycles. The van der Waals surface area contributed by atoms with Crippen molar-refractivity contribution in [2.75, 3.05) is 14.1 Å². The summed E-state index contributed by atoms with van der Waals surface area (Å²) in [5.74, 6) is 0.359. The SMILES string of the molecule is CN(C)C(=O)/C(C#N)=C\C=C\c1ccco1. The first-order valence-electron chi connectivity index (χ1n) is 4.68. The van der Waals surface area contributed by atoms with E-state index in [2.05, 4.69) is 0 Å². The lowest BCUT2D eigenvalue weighted by Gasteiger charge is -2.07. The monoisotopic (exact) mass is 216 g/mol. The maximum Gasteiger partial charge on any atom is 0.263 e. The van der Waals surface area contributed by atoms with Crippen LogP contribution in [-0.4, -0.2) is 24.9 Å². The molecule has 0 aromatic carbocycles. The molecule has 0 saturated carbocycles. The van der Waals surface area contributed by atoms with Crippen LogP contribution >= 0.6 is 0 Å². The van der Waals surface area contributed by atoms with Gasteiger partial charge in [-0.1, -0.05) is 6.08 Å². The Balaban J connectivity index is 2.75. The fraction of sp³-hybridized carbons (Fsp3) is 0.167. The third-order valence-electron chi connectivity index (χ3n) is 1.82. The number of amides is 1. The van der Waals surface area contributed by atoms with Crippen LogP contribution in [0.15, 0.2) is 40.5 Å². The molecule has 0 bridgehead atoms. The molecule has 0 aliphatic rings. The summed E-state index contributed by atoms with van der Waals surface area (Å²) in [5, 5.41) is 8.78. The average Bonchev–Trinajstić information content (AvgIpc) is 2.76. The van der Waals surface area contributed by atoms with Crippen LogP contribution in [0, 0.1) is 11.3 Å². The molecule has 0 saturated heterocycles. The lowest BCUT2D eigenvalue weighted by atomic mass is 10.2. The molecule has 82 valence electrons. The summed E-state index contributed by atoms with van der Waals surface area (Å²) in [6.07, 6.45) is 6.31. The highest BCUT2D eigenvalue weighted by molar-refractivity contribution is 5.97. The van der Waals surface area contributed by atoms with E-state index >= 15 is 0 Å². The zero-order chi connectivity index (χ0) is 12.0. The number of nitriles is 1. The van der Waals surface area contributed by atoms with E-state index < -0.39 is 0 Å². The van der Waals surface area contributed by atoms with Crippen molar-refractivity contribution in [3.8, 4) is 6.07 Å². The lowest BCUT2D eigenvalue weighted by molar-refractivity contribution is -0.124. The zero-order valence-corrected chi connectivity index (χ0v) is 9.18. The molecule has 4 heteroatoms. The van der Waals surface area contributed by atoms with Crippen LogP contribution in [-0.2, 0) is 4.79 Å². The summed E-state index contributed by atoms with van der Waals surface area (Å²) in [7, 11) is 3.20. The van der Waals surface area contributed by atoms with Gasteiger partial charge in [-0.05, 0) is 24.3 Å². The minimum Gasteiger partial charge on any atom is -0.465 e. The van der Waals surface area contributed by atoms with Gasteiger partial charge in [0.2, 0.25) is 0 Å². The second-order valence-corrected chi connectivity index (χ2v) is 3.27. The van der Waals surface area contributed by atoms with E-state index in [0.29, 0.717) is 5.76 Å². The number of likely N-dealkylation sites (N-methyl/N-ethyl adjacent to an activating group) is 1. The molecule has 0 aliphatic heterocycles. The van der Waals surface area contributed by atoms with E-state index in [4.69, 9.17) is 9.68 Å². The van der Waals surface area contributed by atoms with Crippen LogP contribution in [0.25, 0.3) is 6.08 Å². The van der Waals surface area contributed by atoms with Crippen molar-refractivity contribution in [3.63, 3.8) is 0 Å². The molecule has 4 nitrogen and oxygen atoms in total. The summed E-state index contributed by atoms with van der Waals surface area (Å²) in [6.45, 7) is 0. The fourth-order valence-electron chi connectivity index (χ4n) is 1.02. The van der Waals surface area contributed by atoms with E-state index in [0.717, 1.165) is 0 Å². The van der Waals surface area contributed by atoms with Gasteiger partial charge in [-0.2, -0.15) is 5.26 Å². The fourth-order valence-corrected chi connectivity index (χ4v) is 1.02. The predicted molar refractivity (Wildman–Crippen MR) is 60.1 cm³/mol. The largest absolute Gasteiger partial charge is 0.465 e. The Morgan fingerprint density at radius 2 is 2.31 bits per heavy atom. The van der Waals surface area contributed by atoms with E-state index in [1.807, 2.05) is 6.07 Å². The standard InChI is InChI=1S/C12H12N2O2/c1-14(2)12(15)10(9-13)5-3-6-11-7-4-8-16-11/h3-8H,1-2H3/b6-3+,10-5-. The molecule has 16 heavy (non-hydrogen) atoms. The van der Waals surface area contributed by atoms with E-state index in [-0.39, 0.29) is 11.5 Å². The van der Waals surface area contributed by atoms with Crippen molar-refractivity contribution < 1.29 is 9.21 Å². The smallest absolute Gasteiger partial charge is 0.263 e. The van der Waals surface area contributed by atoms with Crippen molar-refractivity contribution in [1.82, 2.24) is 4.90 Å². The first kappa shape index (κ1) is 11.8. The van der Waals surface area contributed by atoms with Crippen LogP contribution in [0.4, 0.5) is 0 Å². The number of rotatable bonds is 3. The van der Waals surface area contributed by atoms with Gasteiger partial charge in [-0.15, -0.1) is 0 Å². The Kier molecular flexibility index (Phi) is 4.10. The van der Waals surface area contributed by atoms with Crippen LogP contribution in [0.3, 0.4) is 0 Å². The van der Waals surface area contributed by atoms with E-state index in [1.54, 1.807) is 44.6 Å². The quantitative estimate of drug-likeness (QED) is 0.440. The third kappa shape index (κ3) is 3.14. The number of hydrogen-bond donors (Lipinski definition) is 0. The van der Waals surface area contributed by atoms with Gasteiger partial charge in [-0.25, -0.2) is 0 Å². The molecular formula is C12H12N2O2. The van der Waals surface area contributed by atoms with Gasteiger partial charge in [0, 0.05) is 14.1 Å². The normalized spacial score (nSPS) is 11.4. The predicted octanol–water partition coefficient (Wildman–Crippen LogP) is 1.83. The van der Waals surface area contributed by atoms with Crippen LogP contribution in [0.1, 0.15) is 5.76 Å². The summed E-state index contributed by atoms with van der Waals surface area (Å²) in [5.41, 5.74) is 0.0906. The molecule has 0 unspecified atom stereocenters. The number of hydrogen-bond acceptors (Lipinski definition) is 3. The molecule has 0 N–H and O–H groups in total. The molecule has 1 heterocycles. The van der Waals surface area contributed by atoms with Crippen molar-refractivity contribution in [2.24, 2.45) is 0 Å². The second kappa shape index (κ2) is 5.56. The van der Waals surface area contributed by atoms with Crippen molar-refractivity contribution in [1.29, 1.82) is 5.26 Å². The minimum atomic E-state index is -0.313. The van der Waals surface area contributed by atoms with Gasteiger partial charge in [0.15, 0.2) is 0 Å². The summed E-state index contributed by atoms with van der Waals surface area (Å²) >= 11 is 0. The Morgan fingerprint density at radius 3 is 2.81 bits per heavy atom.